The number of piperidine rings is 1. The zero-order chi connectivity index (χ0) is 25.6. The number of imidazole rings is 1. The van der Waals surface area contributed by atoms with E-state index in [1.807, 2.05) is 6.07 Å². The lowest BCUT2D eigenvalue weighted by Crippen LogP contribution is -2.46. The molecule has 36 heavy (non-hydrogen) atoms. The van der Waals surface area contributed by atoms with Crippen LogP contribution in [-0.4, -0.2) is 43.8 Å². The van der Waals surface area contributed by atoms with Crippen molar-refractivity contribution in [1.82, 2.24) is 19.6 Å². The van der Waals surface area contributed by atoms with Crippen LogP contribution in [0.1, 0.15) is 32.8 Å². The average Bonchev–Trinajstić information content (AvgIpc) is 3.20. The van der Waals surface area contributed by atoms with Crippen LogP contribution >= 0.6 is 0 Å². The summed E-state index contributed by atoms with van der Waals surface area (Å²) in [6.45, 7) is 6.72. The van der Waals surface area contributed by atoms with Gasteiger partial charge in [-0.25, -0.2) is 13.8 Å². The molecule has 10 heteroatoms. The van der Waals surface area contributed by atoms with E-state index in [1.165, 1.54) is 24.4 Å². The number of nitrogens with zero attached hydrogens (tertiary/aromatic N) is 5. The van der Waals surface area contributed by atoms with Crippen LogP contribution in [0.3, 0.4) is 0 Å². The van der Waals surface area contributed by atoms with E-state index in [9.17, 15) is 13.9 Å². The monoisotopic (exact) mass is 493 g/mol. The van der Waals surface area contributed by atoms with Gasteiger partial charge in [0.1, 0.15) is 11.6 Å². The van der Waals surface area contributed by atoms with Crippen LogP contribution in [0.2, 0.25) is 0 Å². The molecule has 4 N–H and O–H groups in total. The molecule has 0 amide bonds. The van der Waals surface area contributed by atoms with Crippen LogP contribution in [0, 0.1) is 17.6 Å². The van der Waals surface area contributed by atoms with Crippen molar-refractivity contribution in [3.63, 3.8) is 0 Å². The topological polar surface area (TPSA) is 105 Å². The largest absolute Gasteiger partial charge is 0.386 e. The fourth-order valence-corrected chi connectivity index (χ4v) is 4.75. The van der Waals surface area contributed by atoms with Crippen LogP contribution in [-0.2, 0) is 5.60 Å². The molecule has 0 saturated carbocycles. The normalized spacial score (nSPS) is 18.6. The first-order valence-corrected chi connectivity index (χ1v) is 11.9. The van der Waals surface area contributed by atoms with Crippen LogP contribution < -0.4 is 16.0 Å². The number of hydrogen-bond acceptors (Lipinski definition) is 7. The van der Waals surface area contributed by atoms with Gasteiger partial charge in [0.15, 0.2) is 0 Å². The van der Waals surface area contributed by atoms with Crippen molar-refractivity contribution in [3.05, 3.63) is 66.1 Å². The van der Waals surface area contributed by atoms with Crippen LogP contribution in [0.4, 0.5) is 26.1 Å². The summed E-state index contributed by atoms with van der Waals surface area (Å²) >= 11 is 0. The van der Waals surface area contributed by atoms with Crippen LogP contribution in [0.15, 0.2) is 48.9 Å². The van der Waals surface area contributed by atoms with E-state index in [0.29, 0.717) is 17.4 Å². The van der Waals surface area contributed by atoms with Crippen molar-refractivity contribution in [2.75, 3.05) is 23.3 Å². The molecular formula is C26H29F2N7O. The third-order valence-corrected chi connectivity index (χ3v) is 6.47. The molecule has 1 aliphatic heterocycles. The van der Waals surface area contributed by atoms with Crippen LogP contribution in [0.25, 0.3) is 16.8 Å². The number of nitrogens with one attached hydrogen (secondary N) is 1. The number of pyridine rings is 1. The molecule has 5 rings (SSSR count). The number of anilines is 3. The van der Waals surface area contributed by atoms with Gasteiger partial charge in [0.25, 0.3) is 0 Å². The predicted octanol–water partition coefficient (Wildman–Crippen LogP) is 4.21. The second-order valence-corrected chi connectivity index (χ2v) is 10.0. The Hall–Kier alpha value is -3.63. The Bertz CT molecular complexity index is 1380. The maximum absolute atomic E-state index is 15.0. The van der Waals surface area contributed by atoms with Gasteiger partial charge in [0.2, 0.25) is 5.95 Å². The summed E-state index contributed by atoms with van der Waals surface area (Å²) in [5.41, 5.74) is 7.17. The highest BCUT2D eigenvalue weighted by Crippen LogP contribution is 2.33. The lowest BCUT2D eigenvalue weighted by Gasteiger charge is -2.37. The van der Waals surface area contributed by atoms with E-state index in [-0.39, 0.29) is 22.9 Å². The zero-order valence-electron chi connectivity index (χ0n) is 20.4. The number of benzene rings is 1. The third kappa shape index (κ3) is 4.61. The highest BCUT2D eigenvalue weighted by atomic mass is 19.1. The molecule has 0 spiro atoms. The molecule has 4 aromatic rings. The van der Waals surface area contributed by atoms with Gasteiger partial charge in [0.05, 0.1) is 46.1 Å². The number of fused-ring (bicyclic) bond motifs is 1. The number of nitrogens with two attached hydrogens (primary N) is 1. The Labute approximate surface area is 207 Å². The van der Waals surface area contributed by atoms with Crippen LogP contribution in [0.5, 0.6) is 0 Å². The van der Waals surface area contributed by atoms with Crippen molar-refractivity contribution in [2.45, 2.75) is 38.8 Å². The van der Waals surface area contributed by atoms with Gasteiger partial charge in [-0.3, -0.25) is 4.98 Å². The predicted molar refractivity (Wildman–Crippen MR) is 135 cm³/mol. The van der Waals surface area contributed by atoms with Crippen molar-refractivity contribution >= 4 is 22.8 Å². The Morgan fingerprint density at radius 1 is 1.11 bits per heavy atom. The zero-order valence-corrected chi connectivity index (χ0v) is 20.4. The van der Waals surface area contributed by atoms with Gasteiger partial charge < -0.3 is 21.1 Å². The number of aromatic nitrogens is 4. The average molecular weight is 494 g/mol. The van der Waals surface area contributed by atoms with Crippen molar-refractivity contribution in [3.8, 4) is 11.3 Å². The van der Waals surface area contributed by atoms with Gasteiger partial charge in [0, 0.05) is 25.3 Å². The van der Waals surface area contributed by atoms with Gasteiger partial charge in [-0.15, -0.1) is 0 Å². The molecule has 1 aromatic carbocycles. The molecule has 0 unspecified atom stereocenters. The lowest BCUT2D eigenvalue weighted by molar-refractivity contribution is 0.0779. The summed E-state index contributed by atoms with van der Waals surface area (Å²) in [7, 11) is 0. The summed E-state index contributed by atoms with van der Waals surface area (Å²) in [4.78, 5) is 10.9. The van der Waals surface area contributed by atoms with E-state index < -0.39 is 17.2 Å². The summed E-state index contributed by atoms with van der Waals surface area (Å²) in [6, 6.07) is 7.50. The fourth-order valence-electron chi connectivity index (χ4n) is 4.75. The second kappa shape index (κ2) is 9.11. The van der Waals surface area contributed by atoms with Gasteiger partial charge in [-0.1, -0.05) is 6.92 Å². The lowest BCUT2D eigenvalue weighted by atomic mass is 9.96. The summed E-state index contributed by atoms with van der Waals surface area (Å²) in [6.07, 6.45) is 6.04. The molecule has 3 aromatic heterocycles. The number of rotatable bonds is 5. The van der Waals surface area contributed by atoms with E-state index >= 15 is 0 Å². The molecule has 8 nitrogen and oxygen atoms in total. The number of aliphatic hydroxyl groups is 1. The Morgan fingerprint density at radius 3 is 2.56 bits per heavy atom. The highest BCUT2D eigenvalue weighted by Gasteiger charge is 2.25. The number of hydrogen-bond donors (Lipinski definition) is 3. The summed E-state index contributed by atoms with van der Waals surface area (Å²) in [5.74, 6) is -0.777. The Morgan fingerprint density at radius 2 is 1.86 bits per heavy atom. The Kier molecular flexibility index (Phi) is 6.09. The molecule has 1 fully saturated rings. The molecule has 1 saturated heterocycles. The molecular weight excluding hydrogens is 464 g/mol. The standard InChI is InChI=1S/C26H29F2N7O/c1-15-8-17(29)14-34(13-15)23-6-7-30-12-22(23)32-25-31-11-18-4-5-21(33-35(18)25)24-19(27)9-16(10-20(24)28)26(2,3)36/h4-7,9-12,15,17,36H,8,13-14,29H2,1-3H3,(H,31,32)/t15-,17+/m1/s1. The van der Waals surface area contributed by atoms with Gasteiger partial charge in [-0.05, 0) is 62.1 Å². The fraction of sp³-hybridized carbons (Fsp3) is 0.346. The van der Waals surface area contributed by atoms with E-state index in [4.69, 9.17) is 5.73 Å². The SMILES string of the molecule is C[C@@H]1C[C@H](N)CN(c2ccncc2Nc2ncc3ccc(-c4c(F)cc(C(C)(C)O)cc4F)nn23)C1. The van der Waals surface area contributed by atoms with Gasteiger partial charge in [-0.2, -0.15) is 9.61 Å². The first kappa shape index (κ1) is 24.1. The van der Waals surface area contributed by atoms with Gasteiger partial charge >= 0.3 is 0 Å². The van der Waals surface area contributed by atoms with E-state index in [1.54, 1.807) is 24.7 Å². The highest BCUT2D eigenvalue weighted by molar-refractivity contribution is 5.74. The minimum Gasteiger partial charge on any atom is -0.386 e. The minimum atomic E-state index is -1.38. The van der Waals surface area contributed by atoms with Crippen molar-refractivity contribution in [1.29, 1.82) is 0 Å². The van der Waals surface area contributed by atoms with E-state index in [2.05, 4.69) is 32.2 Å². The quantitative estimate of drug-likeness (QED) is 0.382. The maximum Gasteiger partial charge on any atom is 0.229 e. The third-order valence-electron chi connectivity index (χ3n) is 6.47. The van der Waals surface area contributed by atoms with Crippen molar-refractivity contribution in [2.24, 2.45) is 11.7 Å². The Balaban J connectivity index is 1.51. The molecule has 2 atom stereocenters. The molecule has 4 heterocycles. The molecule has 0 bridgehead atoms. The number of halogens is 2. The molecule has 0 aliphatic carbocycles. The summed E-state index contributed by atoms with van der Waals surface area (Å²) in [5, 5.41) is 17.9. The maximum atomic E-state index is 15.0. The second-order valence-electron chi connectivity index (χ2n) is 10.0. The smallest absolute Gasteiger partial charge is 0.229 e. The first-order valence-electron chi connectivity index (χ1n) is 11.9. The summed E-state index contributed by atoms with van der Waals surface area (Å²) < 4.78 is 31.4. The van der Waals surface area contributed by atoms with Crippen molar-refractivity contribution < 1.29 is 13.9 Å². The van der Waals surface area contributed by atoms with E-state index in [0.717, 1.165) is 43.0 Å². The first-order chi connectivity index (χ1) is 17.1. The molecule has 0 radical (unpaired) electrons. The minimum absolute atomic E-state index is 0.0823. The molecule has 1 aliphatic rings. The molecule has 188 valence electrons.